The molecule has 5 heteroatoms. The summed E-state index contributed by atoms with van der Waals surface area (Å²) in [6.07, 6.45) is 8.13. The number of nitrogens with one attached hydrogen (secondary N) is 2. The third kappa shape index (κ3) is 3.99. The van der Waals surface area contributed by atoms with Gasteiger partial charge in [-0.25, -0.2) is 4.79 Å². The standard InChI is InChI=1S/C13H22N2O3/c1-13(17-9-10-18-13)7-8-14-12(16)15-11-5-3-2-4-6-11/h3,5,11H,2,4,6-10H2,1H3,(H2,14,15,16)/t11-/m1/s1. The molecule has 0 saturated carbocycles. The molecule has 0 aromatic rings. The quantitative estimate of drug-likeness (QED) is 0.748. The van der Waals surface area contributed by atoms with Gasteiger partial charge in [0.05, 0.1) is 13.2 Å². The predicted octanol–water partition coefficient (Wildman–Crippen LogP) is 1.55. The number of hydrogen-bond acceptors (Lipinski definition) is 3. The van der Waals surface area contributed by atoms with E-state index in [1.165, 1.54) is 0 Å². The molecule has 0 aromatic heterocycles. The largest absolute Gasteiger partial charge is 0.348 e. The van der Waals surface area contributed by atoms with Crippen LogP contribution >= 0.6 is 0 Å². The SMILES string of the molecule is CC1(CCNC(=O)N[C@@H]2C=CCCC2)OCCO1. The molecule has 1 saturated heterocycles. The maximum Gasteiger partial charge on any atom is 0.315 e. The molecule has 1 aliphatic carbocycles. The normalized spacial score (nSPS) is 25.9. The highest BCUT2D eigenvalue weighted by atomic mass is 16.7. The predicted molar refractivity (Wildman–Crippen MR) is 68.2 cm³/mol. The van der Waals surface area contributed by atoms with E-state index in [9.17, 15) is 4.79 Å². The van der Waals surface area contributed by atoms with Gasteiger partial charge in [-0.05, 0) is 26.2 Å². The second-order valence-electron chi connectivity index (χ2n) is 4.95. The zero-order chi connectivity index (χ0) is 12.8. The van der Waals surface area contributed by atoms with Crippen molar-refractivity contribution < 1.29 is 14.3 Å². The Morgan fingerprint density at radius 2 is 2.22 bits per heavy atom. The summed E-state index contributed by atoms with van der Waals surface area (Å²) in [6.45, 7) is 3.73. The minimum Gasteiger partial charge on any atom is -0.348 e. The number of amides is 2. The number of hydrogen-bond donors (Lipinski definition) is 2. The van der Waals surface area contributed by atoms with Crippen molar-refractivity contribution in [3.05, 3.63) is 12.2 Å². The average molecular weight is 254 g/mol. The number of rotatable bonds is 4. The third-order valence-corrected chi connectivity index (χ3v) is 3.33. The number of ether oxygens (including phenoxy) is 2. The monoisotopic (exact) mass is 254 g/mol. The summed E-state index contributed by atoms with van der Waals surface area (Å²) in [4.78, 5) is 11.7. The van der Waals surface area contributed by atoms with E-state index in [1.807, 2.05) is 6.92 Å². The highest BCUT2D eigenvalue weighted by molar-refractivity contribution is 5.74. The van der Waals surface area contributed by atoms with Crippen molar-refractivity contribution in [2.24, 2.45) is 0 Å². The van der Waals surface area contributed by atoms with Crippen molar-refractivity contribution in [2.75, 3.05) is 19.8 Å². The van der Waals surface area contributed by atoms with Gasteiger partial charge in [0.2, 0.25) is 0 Å². The van der Waals surface area contributed by atoms with Crippen molar-refractivity contribution in [2.45, 2.75) is 44.4 Å². The fraction of sp³-hybridized carbons (Fsp3) is 0.769. The summed E-state index contributed by atoms with van der Waals surface area (Å²) in [5.41, 5.74) is 0. The Morgan fingerprint density at radius 1 is 1.44 bits per heavy atom. The van der Waals surface area contributed by atoms with Crippen LogP contribution in [0.4, 0.5) is 4.79 Å². The first kappa shape index (κ1) is 13.4. The summed E-state index contributed by atoms with van der Waals surface area (Å²) < 4.78 is 10.9. The Kier molecular flexibility index (Phi) is 4.60. The van der Waals surface area contributed by atoms with Crippen molar-refractivity contribution >= 4 is 6.03 Å². The molecule has 0 spiro atoms. The molecule has 2 aliphatic rings. The maximum atomic E-state index is 11.7. The first-order valence-electron chi connectivity index (χ1n) is 6.67. The van der Waals surface area contributed by atoms with Crippen LogP contribution < -0.4 is 10.6 Å². The van der Waals surface area contributed by atoms with Crippen LogP contribution in [0.25, 0.3) is 0 Å². The Bertz CT molecular complexity index is 311. The Labute approximate surface area is 108 Å². The van der Waals surface area contributed by atoms with Crippen LogP contribution in [0.5, 0.6) is 0 Å². The lowest BCUT2D eigenvalue weighted by Crippen LogP contribution is -2.43. The Hall–Kier alpha value is -1.07. The van der Waals surface area contributed by atoms with Gasteiger partial charge < -0.3 is 20.1 Å². The van der Waals surface area contributed by atoms with Crippen LogP contribution in [-0.2, 0) is 9.47 Å². The van der Waals surface area contributed by atoms with Gasteiger partial charge in [-0.1, -0.05) is 12.2 Å². The molecule has 0 bridgehead atoms. The number of carbonyl (C=O) groups excluding carboxylic acids is 1. The van der Waals surface area contributed by atoms with Gasteiger partial charge in [0, 0.05) is 19.0 Å². The summed E-state index contributed by atoms with van der Waals surface area (Å²) in [5, 5.41) is 5.78. The zero-order valence-corrected chi connectivity index (χ0v) is 10.9. The zero-order valence-electron chi connectivity index (χ0n) is 10.9. The molecule has 5 nitrogen and oxygen atoms in total. The van der Waals surface area contributed by atoms with Crippen molar-refractivity contribution in [3.63, 3.8) is 0 Å². The Balaban J connectivity index is 1.62. The van der Waals surface area contributed by atoms with Gasteiger partial charge in [0.1, 0.15) is 0 Å². The van der Waals surface area contributed by atoms with Gasteiger partial charge in [-0.15, -0.1) is 0 Å². The van der Waals surface area contributed by atoms with E-state index in [4.69, 9.17) is 9.47 Å². The van der Waals surface area contributed by atoms with Crippen LogP contribution in [0.15, 0.2) is 12.2 Å². The summed E-state index contributed by atoms with van der Waals surface area (Å²) in [7, 11) is 0. The van der Waals surface area contributed by atoms with Crippen LogP contribution in [0.2, 0.25) is 0 Å². The lowest BCUT2D eigenvalue weighted by atomic mass is 10.0. The topological polar surface area (TPSA) is 59.6 Å². The van der Waals surface area contributed by atoms with E-state index >= 15 is 0 Å². The Morgan fingerprint density at radius 3 is 2.89 bits per heavy atom. The molecule has 1 atom stereocenters. The van der Waals surface area contributed by atoms with E-state index in [0.29, 0.717) is 26.2 Å². The minimum absolute atomic E-state index is 0.117. The van der Waals surface area contributed by atoms with Gasteiger partial charge >= 0.3 is 6.03 Å². The highest BCUT2D eigenvalue weighted by Crippen LogP contribution is 2.21. The number of urea groups is 1. The fourth-order valence-electron chi connectivity index (χ4n) is 2.26. The molecule has 0 unspecified atom stereocenters. The van der Waals surface area contributed by atoms with E-state index in [0.717, 1.165) is 19.3 Å². The molecule has 102 valence electrons. The van der Waals surface area contributed by atoms with Gasteiger partial charge in [-0.3, -0.25) is 0 Å². The van der Waals surface area contributed by atoms with Crippen LogP contribution in [0.3, 0.4) is 0 Å². The second kappa shape index (κ2) is 6.20. The third-order valence-electron chi connectivity index (χ3n) is 3.33. The average Bonchev–Trinajstić information content (AvgIpc) is 2.77. The lowest BCUT2D eigenvalue weighted by molar-refractivity contribution is -0.145. The van der Waals surface area contributed by atoms with Gasteiger partial charge in [0.15, 0.2) is 5.79 Å². The van der Waals surface area contributed by atoms with Crippen molar-refractivity contribution in [1.29, 1.82) is 0 Å². The number of carbonyl (C=O) groups is 1. The molecule has 1 heterocycles. The van der Waals surface area contributed by atoms with Gasteiger partial charge in [-0.2, -0.15) is 0 Å². The van der Waals surface area contributed by atoms with Crippen LogP contribution in [-0.4, -0.2) is 37.6 Å². The first-order chi connectivity index (χ1) is 8.68. The van der Waals surface area contributed by atoms with Gasteiger partial charge in [0.25, 0.3) is 0 Å². The van der Waals surface area contributed by atoms with E-state index in [2.05, 4.69) is 22.8 Å². The summed E-state index contributed by atoms with van der Waals surface area (Å²) in [6, 6.07) is 0.0569. The van der Waals surface area contributed by atoms with Crippen molar-refractivity contribution in [3.8, 4) is 0 Å². The van der Waals surface area contributed by atoms with Crippen LogP contribution in [0.1, 0.15) is 32.6 Å². The smallest absolute Gasteiger partial charge is 0.315 e. The molecular formula is C13H22N2O3. The summed E-state index contributed by atoms with van der Waals surface area (Å²) in [5.74, 6) is -0.530. The molecule has 1 aliphatic heterocycles. The number of allylic oxidation sites excluding steroid dienone is 1. The van der Waals surface area contributed by atoms with Crippen LogP contribution in [0, 0.1) is 0 Å². The van der Waals surface area contributed by atoms with E-state index < -0.39 is 5.79 Å². The molecule has 2 amide bonds. The highest BCUT2D eigenvalue weighted by Gasteiger charge is 2.30. The fourth-order valence-corrected chi connectivity index (χ4v) is 2.26. The molecule has 1 fully saturated rings. The second-order valence-corrected chi connectivity index (χ2v) is 4.95. The lowest BCUT2D eigenvalue weighted by Gasteiger charge is -2.23. The maximum absolute atomic E-state index is 11.7. The van der Waals surface area contributed by atoms with Crippen molar-refractivity contribution in [1.82, 2.24) is 10.6 Å². The molecule has 0 radical (unpaired) electrons. The molecular weight excluding hydrogens is 232 g/mol. The summed E-state index contributed by atoms with van der Waals surface area (Å²) >= 11 is 0. The first-order valence-corrected chi connectivity index (χ1v) is 6.67. The van der Waals surface area contributed by atoms with E-state index in [1.54, 1.807) is 0 Å². The minimum atomic E-state index is -0.530. The molecule has 18 heavy (non-hydrogen) atoms. The molecule has 2 rings (SSSR count). The molecule has 2 N–H and O–H groups in total. The van der Waals surface area contributed by atoms with E-state index in [-0.39, 0.29) is 12.1 Å². The molecule has 0 aromatic carbocycles.